The highest BCUT2D eigenvalue weighted by atomic mass is 79.9. The highest BCUT2D eigenvalue weighted by molar-refractivity contribution is 9.10. The Balaban J connectivity index is 1.69. The van der Waals surface area contributed by atoms with Crippen LogP contribution in [0.3, 0.4) is 0 Å². The van der Waals surface area contributed by atoms with Gasteiger partial charge < -0.3 is 10.1 Å². The van der Waals surface area contributed by atoms with Gasteiger partial charge in [-0.15, -0.1) is 0 Å². The van der Waals surface area contributed by atoms with E-state index in [2.05, 4.69) is 21.2 Å². The van der Waals surface area contributed by atoms with E-state index in [0.29, 0.717) is 32.6 Å². The summed E-state index contributed by atoms with van der Waals surface area (Å²) < 4.78 is 44.1. The number of hydrogen-bond donors (Lipinski definition) is 1. The third kappa shape index (κ3) is 7.77. The van der Waals surface area contributed by atoms with Crippen LogP contribution >= 0.6 is 50.9 Å². The van der Waals surface area contributed by atoms with Crippen LogP contribution in [0.5, 0.6) is 0 Å². The molecule has 0 atom stereocenters. The number of pyridine rings is 1. The van der Waals surface area contributed by atoms with Crippen molar-refractivity contribution in [1.82, 2.24) is 10.3 Å². The Bertz CT molecular complexity index is 1480. The van der Waals surface area contributed by atoms with Gasteiger partial charge in [-0.3, -0.25) is 4.79 Å². The van der Waals surface area contributed by atoms with E-state index in [1.54, 1.807) is 19.2 Å². The molecule has 1 N–H and O–H groups in total. The Kier molecular flexibility index (Phi) is 9.61. The van der Waals surface area contributed by atoms with Gasteiger partial charge >= 0.3 is 5.51 Å². The molecule has 39 heavy (non-hydrogen) atoms. The molecule has 0 radical (unpaired) electrons. The summed E-state index contributed by atoms with van der Waals surface area (Å²) in [6.07, 6.45) is 0. The molecule has 0 fully saturated rings. The summed E-state index contributed by atoms with van der Waals surface area (Å²) in [4.78, 5) is 17.7. The molecule has 4 nitrogen and oxygen atoms in total. The lowest BCUT2D eigenvalue weighted by atomic mass is 9.96. The molecule has 1 aromatic heterocycles. The van der Waals surface area contributed by atoms with Crippen molar-refractivity contribution in [3.8, 4) is 22.4 Å². The zero-order valence-corrected chi connectivity index (χ0v) is 24.2. The highest BCUT2D eigenvalue weighted by Crippen LogP contribution is 2.38. The molecule has 0 aliphatic carbocycles. The normalized spacial score (nSPS) is 11.5. The van der Waals surface area contributed by atoms with E-state index in [1.165, 1.54) is 24.3 Å². The molecule has 3 aromatic carbocycles. The molecular formula is C28H20BrCl2F3N2O2S. The minimum Gasteiger partial charge on any atom is -0.378 e. The molecule has 1 heterocycles. The monoisotopic (exact) mass is 654 g/mol. The van der Waals surface area contributed by atoms with Gasteiger partial charge in [-0.25, -0.2) is 4.98 Å². The zero-order chi connectivity index (χ0) is 28.2. The fraction of sp³-hybridized carbons (Fsp3) is 0.143. The standard InChI is InChI=1S/C28H20BrCl2F3N2O2S/c1-38-15-25-18(14-35-27(37)17-4-9-21(10-5-17)39-28(32,33)34)12-23(22-11-8-20(30)13-24(22)31)26(36-25)16-2-6-19(29)7-3-16/h2-13H,14-15H2,1H3,(H,35,37). The van der Waals surface area contributed by atoms with Crippen molar-refractivity contribution in [1.29, 1.82) is 0 Å². The lowest BCUT2D eigenvalue weighted by molar-refractivity contribution is -0.0328. The summed E-state index contributed by atoms with van der Waals surface area (Å²) in [7, 11) is 1.55. The Morgan fingerprint density at radius 2 is 1.69 bits per heavy atom. The number of rotatable bonds is 8. The molecule has 1 amide bonds. The maximum Gasteiger partial charge on any atom is 0.446 e. The molecule has 0 aliphatic heterocycles. The number of amides is 1. The first-order chi connectivity index (χ1) is 18.5. The lowest BCUT2D eigenvalue weighted by Crippen LogP contribution is -2.24. The Hall–Kier alpha value is -2.56. The van der Waals surface area contributed by atoms with Gasteiger partial charge in [0.15, 0.2) is 0 Å². The Morgan fingerprint density at radius 1 is 1.00 bits per heavy atom. The van der Waals surface area contributed by atoms with Gasteiger partial charge in [0.05, 0.1) is 18.0 Å². The smallest absolute Gasteiger partial charge is 0.378 e. The minimum absolute atomic E-state index is 0.00125. The van der Waals surface area contributed by atoms with Gasteiger partial charge in [0.2, 0.25) is 0 Å². The van der Waals surface area contributed by atoms with Gasteiger partial charge in [-0.1, -0.05) is 57.3 Å². The lowest BCUT2D eigenvalue weighted by Gasteiger charge is -2.17. The van der Waals surface area contributed by atoms with Crippen LogP contribution in [0.4, 0.5) is 13.2 Å². The van der Waals surface area contributed by atoms with Crippen molar-refractivity contribution >= 4 is 56.8 Å². The number of methoxy groups -OCH3 is 1. The maximum atomic E-state index is 12.8. The molecule has 0 bridgehead atoms. The first-order valence-electron chi connectivity index (χ1n) is 11.4. The largest absolute Gasteiger partial charge is 0.446 e. The fourth-order valence-electron chi connectivity index (χ4n) is 3.83. The second-order valence-corrected chi connectivity index (χ2v) is 11.2. The fourth-order valence-corrected chi connectivity index (χ4v) is 5.15. The predicted molar refractivity (Wildman–Crippen MR) is 153 cm³/mol. The zero-order valence-electron chi connectivity index (χ0n) is 20.3. The van der Waals surface area contributed by atoms with Gasteiger partial charge in [-0.05, 0) is 71.9 Å². The molecule has 4 rings (SSSR count). The molecular weight excluding hydrogens is 636 g/mol. The van der Waals surface area contributed by atoms with E-state index in [0.717, 1.165) is 15.6 Å². The molecule has 0 saturated carbocycles. The number of alkyl halides is 3. The second-order valence-electron chi connectivity index (χ2n) is 8.31. The molecule has 0 spiro atoms. The van der Waals surface area contributed by atoms with Crippen LogP contribution < -0.4 is 5.32 Å². The van der Waals surface area contributed by atoms with Crippen LogP contribution in [0, 0.1) is 0 Å². The number of ether oxygens (including phenoxy) is 1. The van der Waals surface area contributed by atoms with Crippen molar-refractivity contribution in [2.45, 2.75) is 23.6 Å². The van der Waals surface area contributed by atoms with Gasteiger partial charge in [-0.2, -0.15) is 13.2 Å². The second kappa shape index (κ2) is 12.7. The summed E-state index contributed by atoms with van der Waals surface area (Å²) in [5.41, 5.74) is 0.0998. The van der Waals surface area contributed by atoms with E-state index in [-0.39, 0.29) is 35.4 Å². The molecule has 202 valence electrons. The van der Waals surface area contributed by atoms with E-state index in [9.17, 15) is 18.0 Å². The third-order valence-electron chi connectivity index (χ3n) is 5.60. The molecule has 0 aliphatic rings. The summed E-state index contributed by atoms with van der Waals surface area (Å²) in [6, 6.07) is 20.0. The summed E-state index contributed by atoms with van der Waals surface area (Å²) in [5, 5.41) is 3.76. The molecule has 11 heteroatoms. The van der Waals surface area contributed by atoms with Crippen molar-refractivity contribution in [3.05, 3.63) is 104 Å². The third-order valence-corrected chi connectivity index (χ3v) is 7.42. The summed E-state index contributed by atoms with van der Waals surface area (Å²) >= 11 is 15.9. The van der Waals surface area contributed by atoms with E-state index < -0.39 is 11.4 Å². The SMILES string of the molecule is COCc1nc(-c2ccc(Br)cc2)c(-c2ccc(Cl)cc2Cl)cc1CNC(=O)c1ccc(SC(F)(F)F)cc1. The summed E-state index contributed by atoms with van der Waals surface area (Å²) in [6.45, 7) is 0.287. The average molecular weight is 656 g/mol. The van der Waals surface area contributed by atoms with Crippen LogP contribution in [0.1, 0.15) is 21.6 Å². The number of thioether (sulfide) groups is 1. The number of hydrogen-bond acceptors (Lipinski definition) is 4. The van der Waals surface area contributed by atoms with Crippen LogP contribution in [0.15, 0.2) is 82.2 Å². The van der Waals surface area contributed by atoms with Gasteiger partial charge in [0.25, 0.3) is 5.91 Å². The number of nitrogens with zero attached hydrogens (tertiary/aromatic N) is 1. The Labute approximate surface area is 246 Å². The van der Waals surface area contributed by atoms with Crippen molar-refractivity contribution in [3.63, 3.8) is 0 Å². The summed E-state index contributed by atoms with van der Waals surface area (Å²) in [5.74, 6) is -0.440. The number of halogens is 6. The number of nitrogens with one attached hydrogen (secondary N) is 1. The quantitative estimate of drug-likeness (QED) is 0.192. The molecule has 4 aromatic rings. The Morgan fingerprint density at radius 3 is 2.31 bits per heavy atom. The number of carbonyl (C=O) groups is 1. The maximum absolute atomic E-state index is 12.8. The van der Waals surface area contributed by atoms with Crippen molar-refractivity contribution in [2.75, 3.05) is 7.11 Å². The van der Waals surface area contributed by atoms with Crippen molar-refractivity contribution < 1.29 is 22.7 Å². The van der Waals surface area contributed by atoms with Crippen LogP contribution in [-0.4, -0.2) is 23.5 Å². The topological polar surface area (TPSA) is 51.2 Å². The predicted octanol–water partition coefficient (Wildman–Crippen LogP) is 9.17. The number of carbonyl (C=O) groups excluding carboxylic acids is 1. The van der Waals surface area contributed by atoms with Crippen LogP contribution in [-0.2, 0) is 17.9 Å². The molecule has 0 saturated heterocycles. The molecule has 0 unspecified atom stereocenters. The number of aromatic nitrogens is 1. The van der Waals surface area contributed by atoms with E-state index >= 15 is 0 Å². The van der Waals surface area contributed by atoms with Crippen LogP contribution in [0.2, 0.25) is 10.0 Å². The number of benzene rings is 3. The highest BCUT2D eigenvalue weighted by Gasteiger charge is 2.29. The van der Waals surface area contributed by atoms with Gasteiger partial charge in [0.1, 0.15) is 0 Å². The average Bonchev–Trinajstić information content (AvgIpc) is 2.88. The van der Waals surface area contributed by atoms with E-state index in [4.69, 9.17) is 32.9 Å². The van der Waals surface area contributed by atoms with Crippen molar-refractivity contribution in [2.24, 2.45) is 0 Å². The van der Waals surface area contributed by atoms with Gasteiger partial charge in [0, 0.05) is 55.3 Å². The first-order valence-corrected chi connectivity index (χ1v) is 13.8. The first kappa shape index (κ1) is 29.4. The van der Waals surface area contributed by atoms with Crippen LogP contribution in [0.25, 0.3) is 22.4 Å². The van der Waals surface area contributed by atoms with E-state index in [1.807, 2.05) is 36.4 Å². The minimum atomic E-state index is -4.40.